The molecule has 2 aromatic heterocycles. The molecular formula is C11H12ClN5O. The van der Waals surface area contributed by atoms with Gasteiger partial charge in [0.05, 0.1) is 6.54 Å². The highest BCUT2D eigenvalue weighted by atomic mass is 35.5. The van der Waals surface area contributed by atoms with Crippen LogP contribution >= 0.6 is 11.6 Å². The van der Waals surface area contributed by atoms with Gasteiger partial charge in [-0.15, -0.1) is 10.2 Å². The minimum atomic E-state index is -0.220. The molecule has 0 fully saturated rings. The molecule has 0 atom stereocenters. The highest BCUT2D eigenvalue weighted by Gasteiger charge is 2.15. The second-order valence-electron chi connectivity index (χ2n) is 3.86. The molecule has 0 unspecified atom stereocenters. The maximum Gasteiger partial charge on any atom is 0.274 e. The van der Waals surface area contributed by atoms with Gasteiger partial charge in [-0.25, -0.2) is 4.98 Å². The van der Waals surface area contributed by atoms with Gasteiger partial charge >= 0.3 is 0 Å². The third kappa shape index (κ3) is 2.65. The molecule has 0 saturated heterocycles. The van der Waals surface area contributed by atoms with Crippen molar-refractivity contribution in [1.82, 2.24) is 24.6 Å². The fourth-order valence-corrected chi connectivity index (χ4v) is 1.56. The Kier molecular flexibility index (Phi) is 3.57. The summed E-state index contributed by atoms with van der Waals surface area (Å²) in [6.45, 7) is 0.409. The monoisotopic (exact) mass is 265 g/mol. The summed E-state index contributed by atoms with van der Waals surface area (Å²) < 4.78 is 1.86. The van der Waals surface area contributed by atoms with Gasteiger partial charge in [0.15, 0.2) is 10.8 Å². The van der Waals surface area contributed by atoms with Crippen molar-refractivity contribution in [3.8, 4) is 0 Å². The van der Waals surface area contributed by atoms with Gasteiger partial charge in [0.25, 0.3) is 5.91 Å². The van der Waals surface area contributed by atoms with E-state index in [4.69, 9.17) is 11.6 Å². The fourth-order valence-electron chi connectivity index (χ4n) is 1.46. The lowest BCUT2D eigenvalue weighted by atomic mass is 10.3. The van der Waals surface area contributed by atoms with E-state index < -0.39 is 0 Å². The van der Waals surface area contributed by atoms with Crippen LogP contribution in [0, 0.1) is 0 Å². The lowest BCUT2D eigenvalue weighted by molar-refractivity contribution is 0.0773. The zero-order valence-electron chi connectivity index (χ0n) is 10.0. The number of amides is 1. The molecule has 0 spiro atoms. The molecular weight excluding hydrogens is 254 g/mol. The Hall–Kier alpha value is -1.95. The quantitative estimate of drug-likeness (QED) is 0.835. The van der Waals surface area contributed by atoms with Crippen LogP contribution in [0.15, 0.2) is 24.5 Å². The molecule has 2 rings (SSSR count). The molecule has 0 aliphatic rings. The molecule has 0 bridgehead atoms. The van der Waals surface area contributed by atoms with Crippen LogP contribution in [0.4, 0.5) is 0 Å². The van der Waals surface area contributed by atoms with Crippen LogP contribution < -0.4 is 0 Å². The second kappa shape index (κ2) is 5.14. The topological polar surface area (TPSA) is 63.9 Å². The summed E-state index contributed by atoms with van der Waals surface area (Å²) in [4.78, 5) is 17.7. The normalized spacial score (nSPS) is 10.4. The van der Waals surface area contributed by atoms with E-state index in [0.717, 1.165) is 5.82 Å². The predicted octanol–water partition coefficient (Wildman–Crippen LogP) is 1.14. The minimum Gasteiger partial charge on any atom is -0.337 e. The zero-order chi connectivity index (χ0) is 13.1. The van der Waals surface area contributed by atoms with Crippen molar-refractivity contribution >= 4 is 17.5 Å². The van der Waals surface area contributed by atoms with Crippen LogP contribution in [-0.4, -0.2) is 37.6 Å². The first-order chi connectivity index (χ1) is 8.58. The van der Waals surface area contributed by atoms with Crippen molar-refractivity contribution in [1.29, 1.82) is 0 Å². The maximum atomic E-state index is 12.0. The minimum absolute atomic E-state index is 0.220. The lowest BCUT2D eigenvalue weighted by Gasteiger charge is -2.15. The van der Waals surface area contributed by atoms with E-state index in [-0.39, 0.29) is 16.8 Å². The average molecular weight is 266 g/mol. The van der Waals surface area contributed by atoms with Crippen LogP contribution in [0.2, 0.25) is 5.15 Å². The molecule has 94 valence electrons. The van der Waals surface area contributed by atoms with Gasteiger partial charge in [-0.05, 0) is 12.1 Å². The van der Waals surface area contributed by atoms with Crippen molar-refractivity contribution in [2.45, 2.75) is 6.54 Å². The summed E-state index contributed by atoms with van der Waals surface area (Å²) in [7, 11) is 3.57. The first kappa shape index (κ1) is 12.5. The van der Waals surface area contributed by atoms with Crippen molar-refractivity contribution < 1.29 is 4.79 Å². The molecule has 0 radical (unpaired) electrons. The zero-order valence-corrected chi connectivity index (χ0v) is 10.8. The molecule has 0 aliphatic heterocycles. The van der Waals surface area contributed by atoms with Gasteiger partial charge in [-0.1, -0.05) is 11.6 Å². The standard InChI is InChI=1S/C11H12ClN5O/c1-16-6-5-13-10(16)7-17(2)11(18)8-3-4-9(12)15-14-8/h3-6H,7H2,1-2H3. The first-order valence-corrected chi connectivity index (χ1v) is 5.66. The van der Waals surface area contributed by atoms with Crippen LogP contribution in [0.5, 0.6) is 0 Å². The number of carbonyl (C=O) groups is 1. The predicted molar refractivity (Wildman–Crippen MR) is 66.0 cm³/mol. The number of imidazole rings is 1. The molecule has 1 amide bonds. The summed E-state index contributed by atoms with van der Waals surface area (Å²) in [6, 6.07) is 3.09. The van der Waals surface area contributed by atoms with Crippen LogP contribution in [0.1, 0.15) is 16.3 Å². The van der Waals surface area contributed by atoms with Gasteiger partial charge in [0, 0.05) is 26.5 Å². The van der Waals surface area contributed by atoms with Gasteiger partial charge < -0.3 is 9.47 Å². The highest BCUT2D eigenvalue weighted by molar-refractivity contribution is 6.29. The number of aryl methyl sites for hydroxylation is 1. The third-order valence-electron chi connectivity index (χ3n) is 2.50. The number of hydrogen-bond acceptors (Lipinski definition) is 4. The first-order valence-electron chi connectivity index (χ1n) is 5.29. The van der Waals surface area contributed by atoms with Gasteiger partial charge in [-0.2, -0.15) is 0 Å². The molecule has 0 N–H and O–H groups in total. The summed E-state index contributed by atoms with van der Waals surface area (Å²) in [5.74, 6) is 0.579. The van der Waals surface area contributed by atoms with Crippen LogP contribution in [-0.2, 0) is 13.6 Å². The van der Waals surface area contributed by atoms with Crippen molar-refractivity contribution in [2.75, 3.05) is 7.05 Å². The second-order valence-corrected chi connectivity index (χ2v) is 4.24. The van der Waals surface area contributed by atoms with E-state index in [1.165, 1.54) is 11.0 Å². The Morgan fingerprint density at radius 2 is 2.22 bits per heavy atom. The number of carbonyl (C=O) groups excluding carboxylic acids is 1. The van der Waals surface area contributed by atoms with E-state index in [2.05, 4.69) is 15.2 Å². The molecule has 18 heavy (non-hydrogen) atoms. The molecule has 2 aromatic rings. The SMILES string of the molecule is CN(Cc1nccn1C)C(=O)c1ccc(Cl)nn1. The summed E-state index contributed by atoms with van der Waals surface area (Å²) in [6.07, 6.45) is 3.52. The molecule has 0 saturated carbocycles. The molecule has 2 heterocycles. The Morgan fingerprint density at radius 3 is 2.78 bits per heavy atom. The van der Waals surface area contributed by atoms with Crippen LogP contribution in [0.25, 0.3) is 0 Å². The lowest BCUT2D eigenvalue weighted by Crippen LogP contribution is -2.28. The maximum absolute atomic E-state index is 12.0. The smallest absolute Gasteiger partial charge is 0.274 e. The van der Waals surface area contributed by atoms with Crippen molar-refractivity contribution in [3.05, 3.63) is 41.2 Å². The van der Waals surface area contributed by atoms with Gasteiger partial charge in [-0.3, -0.25) is 4.79 Å². The Balaban J connectivity index is 2.09. The number of nitrogens with zero attached hydrogens (tertiary/aromatic N) is 5. The number of aromatic nitrogens is 4. The van der Waals surface area contributed by atoms with E-state index >= 15 is 0 Å². The summed E-state index contributed by atoms with van der Waals surface area (Å²) in [5.41, 5.74) is 0.260. The van der Waals surface area contributed by atoms with Gasteiger partial charge in [0.2, 0.25) is 0 Å². The summed E-state index contributed by atoms with van der Waals surface area (Å²) >= 11 is 5.62. The molecule has 6 nitrogen and oxygen atoms in total. The largest absolute Gasteiger partial charge is 0.337 e. The molecule has 7 heteroatoms. The van der Waals surface area contributed by atoms with Crippen molar-refractivity contribution in [2.24, 2.45) is 7.05 Å². The van der Waals surface area contributed by atoms with E-state index in [1.807, 2.05) is 17.8 Å². The number of rotatable bonds is 3. The van der Waals surface area contributed by atoms with E-state index in [9.17, 15) is 4.79 Å². The fraction of sp³-hybridized carbons (Fsp3) is 0.273. The number of halogens is 1. The molecule has 0 aromatic carbocycles. The Labute approximate surface area is 109 Å². The average Bonchev–Trinajstić information content (AvgIpc) is 2.75. The number of hydrogen-bond donors (Lipinski definition) is 0. The van der Waals surface area contributed by atoms with E-state index in [0.29, 0.717) is 6.54 Å². The third-order valence-corrected chi connectivity index (χ3v) is 2.70. The highest BCUT2D eigenvalue weighted by Crippen LogP contribution is 2.06. The van der Waals surface area contributed by atoms with Gasteiger partial charge in [0.1, 0.15) is 5.82 Å². The van der Waals surface area contributed by atoms with Crippen LogP contribution in [0.3, 0.4) is 0 Å². The summed E-state index contributed by atoms with van der Waals surface area (Å²) in [5, 5.41) is 7.66. The molecule has 0 aliphatic carbocycles. The van der Waals surface area contributed by atoms with Crippen molar-refractivity contribution in [3.63, 3.8) is 0 Å². The van der Waals surface area contributed by atoms with E-state index in [1.54, 1.807) is 19.3 Å². The Bertz CT molecular complexity index is 551. The Morgan fingerprint density at radius 1 is 1.44 bits per heavy atom.